The molecule has 0 radical (unpaired) electrons. The average Bonchev–Trinajstić information content (AvgIpc) is 2.77. The topological polar surface area (TPSA) is 37.8 Å². The van der Waals surface area contributed by atoms with Crippen LogP contribution in [-0.2, 0) is 12.8 Å². The van der Waals surface area contributed by atoms with Gasteiger partial charge < -0.3 is 5.32 Å². The van der Waals surface area contributed by atoms with Gasteiger partial charge >= 0.3 is 0 Å². The Morgan fingerprint density at radius 1 is 1.21 bits per heavy atom. The number of hydrogen-bond donors (Lipinski definition) is 1. The fourth-order valence-electron chi connectivity index (χ4n) is 2.73. The largest absolute Gasteiger partial charge is 0.370 e. The number of fused-ring (bicyclic) bond motifs is 3. The van der Waals surface area contributed by atoms with Crippen molar-refractivity contribution < 1.29 is 0 Å². The molecule has 2 aromatic heterocycles. The van der Waals surface area contributed by atoms with Crippen LogP contribution >= 0.6 is 11.3 Å². The summed E-state index contributed by atoms with van der Waals surface area (Å²) in [6.07, 6.45) is 5.04. The number of aryl methyl sites for hydroxylation is 2. The number of hydrogen-bond acceptors (Lipinski definition) is 4. The lowest BCUT2D eigenvalue weighted by Crippen LogP contribution is -2.06. The van der Waals surface area contributed by atoms with Crippen LogP contribution in [0.2, 0.25) is 0 Å². The van der Waals surface area contributed by atoms with Gasteiger partial charge in [-0.15, -0.1) is 11.3 Å². The van der Waals surface area contributed by atoms with E-state index >= 15 is 0 Å². The molecule has 3 nitrogen and oxygen atoms in total. The summed E-state index contributed by atoms with van der Waals surface area (Å²) in [5, 5.41) is 4.73. The van der Waals surface area contributed by atoms with E-state index in [1.54, 1.807) is 0 Å². The van der Waals surface area contributed by atoms with Gasteiger partial charge in [0.1, 0.15) is 16.5 Å². The zero-order valence-electron chi connectivity index (χ0n) is 11.9. The molecule has 0 fully saturated rings. The first kappa shape index (κ1) is 12.9. The van der Waals surface area contributed by atoms with Crippen LogP contribution in [0.1, 0.15) is 55.8 Å². The molecule has 0 aromatic carbocycles. The molecule has 0 bridgehead atoms. The number of rotatable bonds is 3. The molecule has 2 heterocycles. The van der Waals surface area contributed by atoms with Gasteiger partial charge in [0.05, 0.1) is 5.39 Å². The van der Waals surface area contributed by atoms with Crippen molar-refractivity contribution in [3.63, 3.8) is 0 Å². The minimum absolute atomic E-state index is 0.376. The van der Waals surface area contributed by atoms with E-state index in [0.717, 1.165) is 18.2 Å². The first-order valence-corrected chi connectivity index (χ1v) is 8.08. The first-order chi connectivity index (χ1) is 9.20. The van der Waals surface area contributed by atoms with Gasteiger partial charge in [0.15, 0.2) is 0 Å². The fraction of sp³-hybridized carbons (Fsp3) is 0.600. The van der Waals surface area contributed by atoms with E-state index in [-0.39, 0.29) is 0 Å². The van der Waals surface area contributed by atoms with Crippen LogP contribution in [0.5, 0.6) is 0 Å². The van der Waals surface area contributed by atoms with Crippen molar-refractivity contribution >= 4 is 27.4 Å². The Morgan fingerprint density at radius 2 is 2.00 bits per heavy atom. The highest BCUT2D eigenvalue weighted by atomic mass is 32.1. The van der Waals surface area contributed by atoms with Crippen LogP contribution < -0.4 is 5.32 Å². The molecule has 0 unspecified atom stereocenters. The molecule has 1 N–H and O–H groups in total. The Balaban J connectivity index is 2.23. The predicted molar refractivity (Wildman–Crippen MR) is 82.3 cm³/mol. The van der Waals surface area contributed by atoms with Crippen LogP contribution in [0.3, 0.4) is 0 Å². The second kappa shape index (κ2) is 5.08. The van der Waals surface area contributed by atoms with Gasteiger partial charge in [-0.3, -0.25) is 0 Å². The number of anilines is 1. The Bertz CT molecular complexity index is 601. The van der Waals surface area contributed by atoms with Crippen molar-refractivity contribution in [2.75, 3.05) is 11.9 Å². The number of nitrogens with zero attached hydrogens (tertiary/aromatic N) is 2. The third kappa shape index (κ3) is 2.22. The lowest BCUT2D eigenvalue weighted by molar-refractivity contribution is 0.700. The zero-order chi connectivity index (χ0) is 13.4. The number of nitrogens with one attached hydrogen (secondary N) is 1. The Morgan fingerprint density at radius 3 is 2.74 bits per heavy atom. The maximum Gasteiger partial charge on any atom is 0.138 e. The molecule has 0 saturated heterocycles. The van der Waals surface area contributed by atoms with Gasteiger partial charge in [0, 0.05) is 17.3 Å². The van der Waals surface area contributed by atoms with Gasteiger partial charge in [-0.05, 0) is 38.2 Å². The van der Waals surface area contributed by atoms with E-state index in [2.05, 4.69) is 26.1 Å². The minimum Gasteiger partial charge on any atom is -0.370 e. The van der Waals surface area contributed by atoms with Crippen molar-refractivity contribution in [1.82, 2.24) is 9.97 Å². The molecule has 19 heavy (non-hydrogen) atoms. The summed E-state index contributed by atoms with van der Waals surface area (Å²) >= 11 is 1.88. The first-order valence-electron chi connectivity index (χ1n) is 7.26. The van der Waals surface area contributed by atoms with Gasteiger partial charge in [0.2, 0.25) is 0 Å². The molecule has 3 rings (SSSR count). The van der Waals surface area contributed by atoms with Crippen LogP contribution in [0.4, 0.5) is 5.82 Å². The summed E-state index contributed by atoms with van der Waals surface area (Å²) in [5.41, 5.74) is 1.51. The maximum atomic E-state index is 4.79. The quantitative estimate of drug-likeness (QED) is 0.915. The van der Waals surface area contributed by atoms with E-state index in [4.69, 9.17) is 9.97 Å². The van der Waals surface area contributed by atoms with Crippen LogP contribution in [-0.4, -0.2) is 16.5 Å². The highest BCUT2D eigenvalue weighted by Crippen LogP contribution is 2.39. The summed E-state index contributed by atoms with van der Waals surface area (Å²) in [6, 6.07) is 0. The molecule has 0 saturated carbocycles. The molecular weight excluding hydrogens is 254 g/mol. The molecule has 1 aliphatic rings. The van der Waals surface area contributed by atoms with Gasteiger partial charge in [-0.2, -0.15) is 0 Å². The Kier molecular flexibility index (Phi) is 3.44. The molecule has 0 atom stereocenters. The lowest BCUT2D eigenvalue weighted by atomic mass is 9.97. The number of thiophene rings is 1. The van der Waals surface area contributed by atoms with E-state index in [1.807, 2.05) is 11.3 Å². The van der Waals surface area contributed by atoms with Crippen molar-refractivity contribution in [2.45, 2.75) is 52.4 Å². The SMILES string of the molecule is CCNc1nc(C(C)C)nc2sc3c(c12)CCCC3. The van der Waals surface area contributed by atoms with Gasteiger partial charge in [-0.1, -0.05) is 13.8 Å². The average molecular weight is 275 g/mol. The third-order valence-electron chi connectivity index (χ3n) is 3.69. The van der Waals surface area contributed by atoms with Crippen molar-refractivity contribution in [3.05, 3.63) is 16.3 Å². The summed E-state index contributed by atoms with van der Waals surface area (Å²) in [5.74, 6) is 2.39. The third-order valence-corrected chi connectivity index (χ3v) is 4.88. The van der Waals surface area contributed by atoms with E-state index < -0.39 is 0 Å². The normalized spacial score (nSPS) is 14.9. The van der Waals surface area contributed by atoms with E-state index in [0.29, 0.717) is 5.92 Å². The molecule has 4 heteroatoms. The van der Waals surface area contributed by atoms with Crippen LogP contribution in [0, 0.1) is 0 Å². The fourth-order valence-corrected chi connectivity index (χ4v) is 4.00. The predicted octanol–water partition coefficient (Wildman–Crippen LogP) is 4.13. The molecular formula is C15H21N3S. The van der Waals surface area contributed by atoms with E-state index in [9.17, 15) is 0 Å². The van der Waals surface area contributed by atoms with Gasteiger partial charge in [0.25, 0.3) is 0 Å². The molecule has 0 amide bonds. The van der Waals surface area contributed by atoms with Crippen molar-refractivity contribution in [1.29, 1.82) is 0 Å². The summed E-state index contributed by atoms with van der Waals surface area (Å²) in [6.45, 7) is 7.35. The molecule has 1 aliphatic carbocycles. The second-order valence-electron chi connectivity index (χ2n) is 5.51. The monoisotopic (exact) mass is 275 g/mol. The van der Waals surface area contributed by atoms with E-state index in [1.165, 1.54) is 46.3 Å². The van der Waals surface area contributed by atoms with Crippen LogP contribution in [0.25, 0.3) is 10.2 Å². The standard InChI is InChI=1S/C15H21N3S/c1-4-16-14-12-10-7-5-6-8-11(10)19-15(12)18-13(17-14)9(2)3/h9H,4-8H2,1-3H3,(H,16,17,18). The summed E-state index contributed by atoms with van der Waals surface area (Å²) in [7, 11) is 0. The maximum absolute atomic E-state index is 4.79. The highest BCUT2D eigenvalue weighted by Gasteiger charge is 2.21. The minimum atomic E-state index is 0.376. The van der Waals surface area contributed by atoms with Crippen molar-refractivity contribution in [3.8, 4) is 0 Å². The Hall–Kier alpha value is -1.16. The molecule has 102 valence electrons. The van der Waals surface area contributed by atoms with Crippen molar-refractivity contribution in [2.24, 2.45) is 0 Å². The second-order valence-corrected chi connectivity index (χ2v) is 6.59. The van der Waals surface area contributed by atoms with Gasteiger partial charge in [-0.25, -0.2) is 9.97 Å². The lowest BCUT2D eigenvalue weighted by Gasteiger charge is -2.13. The Labute approximate surface area is 118 Å². The smallest absolute Gasteiger partial charge is 0.138 e. The highest BCUT2D eigenvalue weighted by molar-refractivity contribution is 7.19. The van der Waals surface area contributed by atoms with Crippen LogP contribution in [0.15, 0.2) is 0 Å². The summed E-state index contributed by atoms with van der Waals surface area (Å²) in [4.78, 5) is 12.3. The number of aromatic nitrogens is 2. The zero-order valence-corrected chi connectivity index (χ0v) is 12.7. The molecule has 2 aromatic rings. The molecule has 0 aliphatic heterocycles. The molecule has 0 spiro atoms. The summed E-state index contributed by atoms with van der Waals surface area (Å²) < 4.78 is 0.